The highest BCUT2D eigenvalue weighted by Gasteiger charge is 2.17. The Balaban J connectivity index is 1.35. The smallest absolute Gasteiger partial charge is 0.153 e. The van der Waals surface area contributed by atoms with Gasteiger partial charge in [-0.05, 0) is 72.3 Å². The number of fused-ring (bicyclic) bond motifs is 1. The number of morpholine rings is 1. The lowest BCUT2D eigenvalue weighted by Gasteiger charge is -2.26. The topological polar surface area (TPSA) is 49.4 Å². The molecule has 1 aliphatic heterocycles. The van der Waals surface area contributed by atoms with E-state index < -0.39 is 0 Å². The molecule has 6 nitrogen and oxygen atoms in total. The van der Waals surface area contributed by atoms with E-state index in [-0.39, 0.29) is 0 Å². The van der Waals surface area contributed by atoms with Crippen LogP contribution in [-0.2, 0) is 4.74 Å². The molecule has 182 valence electrons. The molecule has 0 amide bonds. The van der Waals surface area contributed by atoms with E-state index in [0.717, 1.165) is 82.1 Å². The van der Waals surface area contributed by atoms with Gasteiger partial charge in [-0.25, -0.2) is 0 Å². The van der Waals surface area contributed by atoms with Crippen LogP contribution < -0.4 is 18.9 Å². The lowest BCUT2D eigenvalue weighted by atomic mass is 10.1. The Morgan fingerprint density at radius 3 is 2.17 bits per heavy atom. The van der Waals surface area contributed by atoms with Crippen LogP contribution in [0.5, 0.6) is 28.7 Å². The van der Waals surface area contributed by atoms with Crippen LogP contribution in [0.25, 0.3) is 20.5 Å². The Morgan fingerprint density at radius 1 is 0.800 bits per heavy atom. The molecule has 7 heteroatoms. The molecule has 0 saturated carbocycles. The first kappa shape index (κ1) is 23.5. The van der Waals surface area contributed by atoms with E-state index in [9.17, 15) is 0 Å². The van der Waals surface area contributed by atoms with Crippen LogP contribution in [-0.4, -0.2) is 58.6 Å². The van der Waals surface area contributed by atoms with Gasteiger partial charge in [0.05, 0.1) is 32.3 Å². The second-order valence-corrected chi connectivity index (χ2v) is 9.28. The minimum atomic E-state index is 0.652. The highest BCUT2D eigenvalue weighted by atomic mass is 32.1. The van der Waals surface area contributed by atoms with Crippen molar-refractivity contribution in [1.82, 2.24) is 4.90 Å². The van der Waals surface area contributed by atoms with Crippen LogP contribution in [0.1, 0.15) is 0 Å². The summed E-state index contributed by atoms with van der Waals surface area (Å²) in [5.41, 5.74) is 1.07. The van der Waals surface area contributed by atoms with Gasteiger partial charge < -0.3 is 23.7 Å². The van der Waals surface area contributed by atoms with Gasteiger partial charge in [-0.2, -0.15) is 0 Å². The van der Waals surface area contributed by atoms with E-state index in [4.69, 9.17) is 23.7 Å². The third-order valence-electron chi connectivity index (χ3n) is 6.03. The molecule has 35 heavy (non-hydrogen) atoms. The molecule has 0 radical (unpaired) electrons. The third kappa shape index (κ3) is 5.53. The number of hydrogen-bond acceptors (Lipinski definition) is 7. The summed E-state index contributed by atoms with van der Waals surface area (Å²) in [5, 5.41) is 1.05. The van der Waals surface area contributed by atoms with Crippen molar-refractivity contribution in [2.24, 2.45) is 0 Å². The molecule has 1 aliphatic rings. The van der Waals surface area contributed by atoms with Crippen molar-refractivity contribution < 1.29 is 23.7 Å². The summed E-state index contributed by atoms with van der Waals surface area (Å²) in [6.45, 7) is 5.08. The van der Waals surface area contributed by atoms with Crippen molar-refractivity contribution in [2.75, 3.05) is 53.7 Å². The first-order valence-corrected chi connectivity index (χ1v) is 12.5. The maximum atomic E-state index is 6.46. The number of thiophene rings is 1. The number of nitrogens with zero attached hydrogens (tertiary/aromatic N) is 1. The van der Waals surface area contributed by atoms with Crippen molar-refractivity contribution >= 4 is 21.4 Å². The van der Waals surface area contributed by atoms with Gasteiger partial charge in [0.1, 0.15) is 29.6 Å². The summed E-state index contributed by atoms with van der Waals surface area (Å²) < 4.78 is 29.7. The minimum absolute atomic E-state index is 0.652. The molecule has 5 rings (SSSR count). The zero-order valence-electron chi connectivity index (χ0n) is 20.0. The van der Waals surface area contributed by atoms with Crippen molar-refractivity contribution in [2.45, 2.75) is 0 Å². The lowest BCUT2D eigenvalue weighted by Crippen LogP contribution is -2.38. The fourth-order valence-corrected chi connectivity index (χ4v) is 5.22. The van der Waals surface area contributed by atoms with Gasteiger partial charge in [-0.1, -0.05) is 0 Å². The van der Waals surface area contributed by atoms with Gasteiger partial charge >= 0.3 is 0 Å². The normalized spacial score (nSPS) is 14.1. The highest BCUT2D eigenvalue weighted by Crippen LogP contribution is 2.47. The van der Waals surface area contributed by atoms with E-state index in [1.54, 1.807) is 25.6 Å². The predicted molar refractivity (Wildman–Crippen MR) is 140 cm³/mol. The maximum absolute atomic E-state index is 6.46. The summed E-state index contributed by atoms with van der Waals surface area (Å²) >= 11 is 1.68. The molecule has 0 N–H and O–H groups in total. The second kappa shape index (κ2) is 11.0. The number of methoxy groups -OCH3 is 2. The molecular formula is C28H29NO5S. The SMILES string of the molecule is COc1ccc(-c2sc3cc(OC)ccc3c2Oc2ccc(OCCN3CCOCC3)cc2)cc1. The van der Waals surface area contributed by atoms with E-state index in [2.05, 4.69) is 23.1 Å². The third-order valence-corrected chi connectivity index (χ3v) is 7.21. The Morgan fingerprint density at radius 2 is 1.46 bits per heavy atom. The molecule has 0 aliphatic carbocycles. The first-order valence-electron chi connectivity index (χ1n) is 11.7. The maximum Gasteiger partial charge on any atom is 0.153 e. The molecule has 0 bridgehead atoms. The monoisotopic (exact) mass is 491 g/mol. The Bertz CT molecular complexity index is 1250. The van der Waals surface area contributed by atoms with Crippen LogP contribution in [0, 0.1) is 0 Å². The Hall–Kier alpha value is -3.26. The van der Waals surface area contributed by atoms with Crippen molar-refractivity contribution in [1.29, 1.82) is 0 Å². The molecule has 1 fully saturated rings. The fourth-order valence-electron chi connectivity index (χ4n) is 4.05. The Labute approximate surface area is 209 Å². The van der Waals surface area contributed by atoms with Crippen LogP contribution in [0.15, 0.2) is 66.7 Å². The van der Waals surface area contributed by atoms with Crippen molar-refractivity contribution in [3.05, 3.63) is 66.7 Å². The van der Waals surface area contributed by atoms with E-state index in [0.29, 0.717) is 6.61 Å². The van der Waals surface area contributed by atoms with Gasteiger partial charge in [-0.15, -0.1) is 11.3 Å². The predicted octanol–water partition coefficient (Wildman–Crippen LogP) is 6.09. The van der Waals surface area contributed by atoms with E-state index in [1.807, 2.05) is 48.5 Å². The van der Waals surface area contributed by atoms with Gasteiger partial charge in [0.2, 0.25) is 0 Å². The van der Waals surface area contributed by atoms with Gasteiger partial charge in [0.15, 0.2) is 5.75 Å². The van der Waals surface area contributed by atoms with Gasteiger partial charge in [-0.3, -0.25) is 4.90 Å². The van der Waals surface area contributed by atoms with Crippen molar-refractivity contribution in [3.63, 3.8) is 0 Å². The number of benzene rings is 3. The molecule has 3 aromatic carbocycles. The van der Waals surface area contributed by atoms with E-state index in [1.165, 1.54) is 0 Å². The number of rotatable bonds is 9. The van der Waals surface area contributed by atoms with Gasteiger partial charge in [0, 0.05) is 29.7 Å². The van der Waals surface area contributed by atoms with Crippen LogP contribution in [0.3, 0.4) is 0 Å². The first-order chi connectivity index (χ1) is 17.2. The zero-order valence-corrected chi connectivity index (χ0v) is 20.8. The fraction of sp³-hybridized carbons (Fsp3) is 0.286. The lowest BCUT2D eigenvalue weighted by molar-refractivity contribution is 0.0322. The molecule has 1 aromatic heterocycles. The minimum Gasteiger partial charge on any atom is -0.497 e. The molecule has 4 aromatic rings. The largest absolute Gasteiger partial charge is 0.497 e. The quantitative estimate of drug-likeness (QED) is 0.282. The van der Waals surface area contributed by atoms with Crippen LogP contribution >= 0.6 is 11.3 Å². The van der Waals surface area contributed by atoms with Crippen LogP contribution in [0.4, 0.5) is 0 Å². The van der Waals surface area contributed by atoms with E-state index >= 15 is 0 Å². The molecule has 0 atom stereocenters. The summed E-state index contributed by atoms with van der Waals surface area (Å²) in [6.07, 6.45) is 0. The zero-order chi connectivity index (χ0) is 24.0. The molecule has 0 spiro atoms. The summed E-state index contributed by atoms with van der Waals surface area (Å²) in [4.78, 5) is 3.42. The highest BCUT2D eigenvalue weighted by molar-refractivity contribution is 7.22. The standard InChI is InChI=1S/C28H29NO5S/c1-30-21-5-3-20(4-6-21)28-27(25-12-11-24(31-2)19-26(25)35-28)34-23-9-7-22(8-10-23)33-18-15-29-13-16-32-17-14-29/h3-12,19H,13-18H2,1-2H3. The van der Waals surface area contributed by atoms with Crippen molar-refractivity contribution in [3.8, 4) is 39.2 Å². The second-order valence-electron chi connectivity index (χ2n) is 8.23. The molecule has 1 saturated heterocycles. The number of ether oxygens (including phenoxy) is 5. The number of hydrogen-bond donors (Lipinski definition) is 0. The molecule has 0 unspecified atom stereocenters. The average molecular weight is 492 g/mol. The summed E-state index contributed by atoms with van der Waals surface area (Å²) in [6, 6.07) is 21.9. The molecule has 2 heterocycles. The summed E-state index contributed by atoms with van der Waals surface area (Å²) in [7, 11) is 3.35. The average Bonchev–Trinajstić information content (AvgIpc) is 3.27. The Kier molecular flexibility index (Phi) is 7.37. The summed E-state index contributed by atoms with van der Waals surface area (Å²) in [5.74, 6) is 4.07. The van der Waals surface area contributed by atoms with Gasteiger partial charge in [0.25, 0.3) is 0 Å². The van der Waals surface area contributed by atoms with Crippen LogP contribution in [0.2, 0.25) is 0 Å². The molecular weight excluding hydrogens is 462 g/mol.